The third kappa shape index (κ3) is 3.31. The van der Waals surface area contributed by atoms with Crippen LogP contribution in [0.4, 0.5) is 0 Å². The first-order valence-corrected chi connectivity index (χ1v) is 9.57. The van der Waals surface area contributed by atoms with Crippen molar-refractivity contribution >= 4 is 26.9 Å². The van der Waals surface area contributed by atoms with E-state index in [1.807, 2.05) is 24.4 Å². The maximum Gasteiger partial charge on any atom is 0.197 e. The van der Waals surface area contributed by atoms with Gasteiger partial charge in [-0.05, 0) is 18.2 Å². The highest BCUT2D eigenvalue weighted by Gasteiger charge is 2.20. The standard InChI is InChI=1S/C20H20BrN3O2/c1-12(2)20-22-8-13-9-24(6-5-17(13)23-20)10-14-11-26-18-4-3-15(21)7-16(18)19(14)25/h3-4,7-8,11-12H,5-6,9-10H2,1-2H3. The lowest BCUT2D eigenvalue weighted by molar-refractivity contribution is 0.240. The van der Waals surface area contributed by atoms with E-state index in [0.29, 0.717) is 29.0 Å². The van der Waals surface area contributed by atoms with Crippen LogP contribution >= 0.6 is 15.9 Å². The quantitative estimate of drug-likeness (QED) is 0.648. The predicted molar refractivity (Wildman–Crippen MR) is 104 cm³/mol. The number of nitrogens with zero attached hydrogens (tertiary/aromatic N) is 3. The van der Waals surface area contributed by atoms with Crippen molar-refractivity contribution in [2.24, 2.45) is 0 Å². The van der Waals surface area contributed by atoms with E-state index in [-0.39, 0.29) is 5.43 Å². The third-order valence-electron chi connectivity index (χ3n) is 4.75. The third-order valence-corrected chi connectivity index (χ3v) is 5.24. The van der Waals surface area contributed by atoms with E-state index < -0.39 is 0 Å². The molecule has 0 bridgehead atoms. The Morgan fingerprint density at radius 2 is 2.19 bits per heavy atom. The second-order valence-electron chi connectivity index (χ2n) is 7.05. The van der Waals surface area contributed by atoms with Crippen LogP contribution in [0.2, 0.25) is 0 Å². The molecule has 0 saturated carbocycles. The lowest BCUT2D eigenvalue weighted by Gasteiger charge is -2.28. The van der Waals surface area contributed by atoms with Crippen LogP contribution in [0.25, 0.3) is 11.0 Å². The molecule has 134 valence electrons. The van der Waals surface area contributed by atoms with Crippen molar-refractivity contribution in [3.05, 3.63) is 68.0 Å². The zero-order chi connectivity index (χ0) is 18.3. The van der Waals surface area contributed by atoms with Crippen LogP contribution in [0.3, 0.4) is 0 Å². The minimum atomic E-state index is 0.0322. The van der Waals surface area contributed by atoms with Crippen molar-refractivity contribution in [2.45, 2.75) is 39.3 Å². The molecule has 4 rings (SSSR count). The van der Waals surface area contributed by atoms with Crippen LogP contribution in [0, 0.1) is 0 Å². The molecule has 5 nitrogen and oxygen atoms in total. The van der Waals surface area contributed by atoms with Gasteiger partial charge in [-0.1, -0.05) is 29.8 Å². The highest BCUT2D eigenvalue weighted by molar-refractivity contribution is 9.10. The van der Waals surface area contributed by atoms with E-state index in [1.165, 1.54) is 0 Å². The average molecular weight is 414 g/mol. The van der Waals surface area contributed by atoms with Crippen LogP contribution in [-0.2, 0) is 19.5 Å². The summed E-state index contributed by atoms with van der Waals surface area (Å²) in [5, 5.41) is 0.610. The molecule has 1 aliphatic heterocycles. The molecule has 6 heteroatoms. The largest absolute Gasteiger partial charge is 0.464 e. The molecule has 2 aromatic heterocycles. The topological polar surface area (TPSA) is 59.2 Å². The van der Waals surface area contributed by atoms with Crippen LogP contribution in [0.5, 0.6) is 0 Å². The van der Waals surface area contributed by atoms with Crippen molar-refractivity contribution in [1.82, 2.24) is 14.9 Å². The van der Waals surface area contributed by atoms with Crippen LogP contribution in [0.1, 0.15) is 42.4 Å². The highest BCUT2D eigenvalue weighted by atomic mass is 79.9. The molecular weight excluding hydrogens is 394 g/mol. The zero-order valence-electron chi connectivity index (χ0n) is 14.8. The van der Waals surface area contributed by atoms with Crippen molar-refractivity contribution in [3.63, 3.8) is 0 Å². The molecule has 0 aliphatic carbocycles. The molecule has 1 aliphatic rings. The predicted octanol–water partition coefficient (Wildman–Crippen LogP) is 4.03. The number of benzene rings is 1. The Kier molecular flexibility index (Phi) is 4.63. The van der Waals surface area contributed by atoms with Gasteiger partial charge in [-0.2, -0.15) is 0 Å². The molecule has 0 atom stereocenters. The van der Waals surface area contributed by atoms with Gasteiger partial charge in [-0.25, -0.2) is 9.97 Å². The van der Waals surface area contributed by atoms with Gasteiger partial charge in [-0.3, -0.25) is 9.69 Å². The first kappa shape index (κ1) is 17.4. The van der Waals surface area contributed by atoms with Gasteiger partial charge in [-0.15, -0.1) is 0 Å². The highest BCUT2D eigenvalue weighted by Crippen LogP contribution is 2.21. The summed E-state index contributed by atoms with van der Waals surface area (Å²) in [5.41, 5.74) is 3.60. The first-order chi connectivity index (χ1) is 12.5. The number of rotatable bonds is 3. The van der Waals surface area contributed by atoms with Crippen LogP contribution < -0.4 is 5.43 Å². The van der Waals surface area contributed by atoms with E-state index in [9.17, 15) is 4.79 Å². The van der Waals surface area contributed by atoms with E-state index in [4.69, 9.17) is 9.40 Å². The van der Waals surface area contributed by atoms with Crippen LogP contribution in [-0.4, -0.2) is 21.4 Å². The smallest absolute Gasteiger partial charge is 0.197 e. The molecule has 0 radical (unpaired) electrons. The fourth-order valence-electron chi connectivity index (χ4n) is 3.30. The molecule has 0 N–H and O–H groups in total. The Labute approximate surface area is 160 Å². The second-order valence-corrected chi connectivity index (χ2v) is 7.96. The number of fused-ring (bicyclic) bond motifs is 2. The van der Waals surface area contributed by atoms with Gasteiger partial charge in [0, 0.05) is 59.5 Å². The monoisotopic (exact) mass is 413 g/mol. The van der Waals surface area contributed by atoms with Gasteiger partial charge in [0.05, 0.1) is 11.6 Å². The molecular formula is C20H20BrN3O2. The normalized spacial score (nSPS) is 14.8. The van der Waals surface area contributed by atoms with E-state index in [1.54, 1.807) is 6.26 Å². The molecule has 0 spiro atoms. The minimum absolute atomic E-state index is 0.0322. The first-order valence-electron chi connectivity index (χ1n) is 8.78. The fourth-order valence-corrected chi connectivity index (χ4v) is 3.66. The maximum absolute atomic E-state index is 12.8. The zero-order valence-corrected chi connectivity index (χ0v) is 16.4. The van der Waals surface area contributed by atoms with E-state index >= 15 is 0 Å². The van der Waals surface area contributed by atoms with Gasteiger partial charge >= 0.3 is 0 Å². The van der Waals surface area contributed by atoms with Gasteiger partial charge in [0.1, 0.15) is 11.4 Å². The van der Waals surface area contributed by atoms with Gasteiger partial charge in [0.15, 0.2) is 5.43 Å². The van der Waals surface area contributed by atoms with Gasteiger partial charge in [0.25, 0.3) is 0 Å². The Morgan fingerprint density at radius 1 is 1.35 bits per heavy atom. The molecule has 0 unspecified atom stereocenters. The molecule has 0 amide bonds. The Bertz CT molecular complexity index is 1030. The SMILES string of the molecule is CC(C)c1ncc2c(n1)CCN(Cc1coc3ccc(Br)cc3c1=O)C2. The van der Waals surface area contributed by atoms with Crippen LogP contribution in [0.15, 0.2) is 44.3 Å². The molecule has 0 fully saturated rings. The van der Waals surface area contributed by atoms with Gasteiger partial charge < -0.3 is 4.42 Å². The summed E-state index contributed by atoms with van der Waals surface area (Å²) in [6.07, 6.45) is 4.40. The van der Waals surface area contributed by atoms with E-state index in [0.717, 1.165) is 41.1 Å². The van der Waals surface area contributed by atoms with Crippen molar-refractivity contribution < 1.29 is 4.42 Å². The Morgan fingerprint density at radius 3 is 3.00 bits per heavy atom. The van der Waals surface area contributed by atoms with Crippen molar-refractivity contribution in [1.29, 1.82) is 0 Å². The number of hydrogen-bond donors (Lipinski definition) is 0. The Balaban J connectivity index is 1.58. The summed E-state index contributed by atoms with van der Waals surface area (Å²) < 4.78 is 6.53. The summed E-state index contributed by atoms with van der Waals surface area (Å²) in [7, 11) is 0. The van der Waals surface area contributed by atoms with E-state index in [2.05, 4.69) is 39.7 Å². The van der Waals surface area contributed by atoms with Gasteiger partial charge in [0.2, 0.25) is 0 Å². The lowest BCUT2D eigenvalue weighted by Crippen LogP contribution is -2.32. The summed E-state index contributed by atoms with van der Waals surface area (Å²) in [4.78, 5) is 24.2. The maximum atomic E-state index is 12.8. The summed E-state index contributed by atoms with van der Waals surface area (Å²) in [6.45, 7) is 6.40. The fraction of sp³-hybridized carbons (Fsp3) is 0.350. The summed E-state index contributed by atoms with van der Waals surface area (Å²) in [5.74, 6) is 1.23. The Hall–Kier alpha value is -2.05. The number of hydrogen-bond acceptors (Lipinski definition) is 5. The van der Waals surface area contributed by atoms with Crippen molar-refractivity contribution in [2.75, 3.05) is 6.54 Å². The molecule has 3 aromatic rings. The summed E-state index contributed by atoms with van der Waals surface area (Å²) in [6, 6.07) is 5.50. The average Bonchev–Trinajstić information content (AvgIpc) is 2.64. The molecule has 26 heavy (non-hydrogen) atoms. The number of halogens is 1. The molecule has 1 aromatic carbocycles. The molecule has 3 heterocycles. The van der Waals surface area contributed by atoms with Crippen molar-refractivity contribution in [3.8, 4) is 0 Å². The number of aromatic nitrogens is 2. The molecule has 0 saturated heterocycles. The summed E-state index contributed by atoms with van der Waals surface area (Å²) >= 11 is 3.42. The minimum Gasteiger partial charge on any atom is -0.464 e. The second kappa shape index (κ2) is 6.93. The lowest BCUT2D eigenvalue weighted by atomic mass is 10.1.